The Morgan fingerprint density at radius 2 is 2.00 bits per heavy atom. The maximum Gasteiger partial charge on any atom is 0.258 e. The highest BCUT2D eigenvalue weighted by Gasteiger charge is 2.60. The fourth-order valence-corrected chi connectivity index (χ4v) is 5.02. The second kappa shape index (κ2) is 8.48. The molecule has 1 atom stereocenters. The van der Waals surface area contributed by atoms with Crippen LogP contribution in [0.1, 0.15) is 32.1 Å². The second-order valence-corrected chi connectivity index (χ2v) is 9.00. The Hall–Kier alpha value is -1.86. The van der Waals surface area contributed by atoms with E-state index in [0.717, 1.165) is 51.4 Å². The molecule has 3 aliphatic carbocycles. The second-order valence-electron chi connectivity index (χ2n) is 8.59. The van der Waals surface area contributed by atoms with Crippen LogP contribution in [0.25, 0.3) is 0 Å². The normalized spacial score (nSPS) is 28.5. The number of carbonyl (C=O) groups excluding carboxylic acids is 2. The van der Waals surface area contributed by atoms with Gasteiger partial charge < -0.3 is 20.7 Å². The topological polar surface area (TPSA) is 79.5 Å². The average molecular weight is 424 g/mol. The molecule has 0 aromatic heterocycles. The van der Waals surface area contributed by atoms with Gasteiger partial charge in [-0.3, -0.25) is 9.59 Å². The van der Waals surface area contributed by atoms with Crippen LogP contribution in [0.3, 0.4) is 0 Å². The van der Waals surface area contributed by atoms with Gasteiger partial charge in [0.25, 0.3) is 5.91 Å². The van der Waals surface area contributed by atoms with Crippen molar-refractivity contribution in [3.05, 3.63) is 29.0 Å². The molecule has 29 heavy (non-hydrogen) atoms. The highest BCUT2D eigenvalue weighted by Crippen LogP contribution is 2.58. The third kappa shape index (κ3) is 4.51. The van der Waals surface area contributed by atoms with Crippen LogP contribution in [-0.4, -0.2) is 44.1 Å². The lowest BCUT2D eigenvalue weighted by Crippen LogP contribution is -2.46. The Bertz CT molecular complexity index is 778. The number of rotatable bonds is 7. The molecule has 4 aliphatic rings. The number of hydrogen-bond donors (Lipinski definition) is 3. The number of halogens is 2. The van der Waals surface area contributed by atoms with Crippen molar-refractivity contribution in [1.82, 2.24) is 16.0 Å². The van der Waals surface area contributed by atoms with Crippen LogP contribution >= 0.6 is 11.6 Å². The molecule has 0 spiro atoms. The van der Waals surface area contributed by atoms with Crippen LogP contribution in [0.15, 0.2) is 18.2 Å². The van der Waals surface area contributed by atoms with E-state index in [0.29, 0.717) is 18.3 Å². The standard InChI is InChI=1S/C21H27ClFN3O3/c22-16-2-1-15(7-17(16)23)29-12-19(27)26-18-10-21(8-14(18)9-21)20(28)25-11-13-3-5-24-6-4-13/h1-2,7,13-14,18,24H,3-6,8-12H2,(H,25,28)(H,26,27). The average Bonchev–Trinajstić information content (AvgIpc) is 3.23. The lowest BCUT2D eigenvalue weighted by molar-refractivity contribution is -0.135. The van der Waals surface area contributed by atoms with Crippen molar-refractivity contribution in [1.29, 1.82) is 0 Å². The van der Waals surface area contributed by atoms with Crippen molar-refractivity contribution in [3.8, 4) is 5.75 Å². The lowest BCUT2D eigenvalue weighted by atomic mass is 9.69. The Kier molecular flexibility index (Phi) is 5.97. The first-order chi connectivity index (χ1) is 13.9. The van der Waals surface area contributed by atoms with E-state index in [-0.39, 0.29) is 40.7 Å². The van der Waals surface area contributed by atoms with Crippen molar-refractivity contribution >= 4 is 23.4 Å². The summed E-state index contributed by atoms with van der Waals surface area (Å²) < 4.78 is 18.8. The van der Waals surface area contributed by atoms with Gasteiger partial charge in [0.1, 0.15) is 11.6 Å². The molecule has 158 valence electrons. The van der Waals surface area contributed by atoms with Crippen molar-refractivity contribution in [2.75, 3.05) is 26.2 Å². The quantitative estimate of drug-likeness (QED) is 0.628. The minimum atomic E-state index is -0.585. The molecule has 3 N–H and O–H groups in total. The monoisotopic (exact) mass is 423 g/mol. The zero-order valence-electron chi connectivity index (χ0n) is 16.3. The van der Waals surface area contributed by atoms with E-state index in [4.69, 9.17) is 16.3 Å². The number of carbonyl (C=O) groups is 2. The fourth-order valence-electron chi connectivity index (χ4n) is 4.90. The molecule has 6 nitrogen and oxygen atoms in total. The number of hydrogen-bond acceptors (Lipinski definition) is 4. The number of ether oxygens (including phenoxy) is 1. The number of amides is 2. The van der Waals surface area contributed by atoms with Gasteiger partial charge in [-0.15, -0.1) is 0 Å². The van der Waals surface area contributed by atoms with Crippen molar-refractivity contribution in [2.45, 2.75) is 38.1 Å². The SMILES string of the molecule is O=C(COc1ccc(Cl)c(F)c1)NC1CC2(C(=O)NCC3CCNCC3)CC1C2. The van der Waals surface area contributed by atoms with Gasteiger partial charge in [0, 0.05) is 18.7 Å². The molecule has 5 rings (SSSR count). The zero-order valence-corrected chi connectivity index (χ0v) is 17.1. The van der Waals surface area contributed by atoms with Crippen molar-refractivity contribution in [2.24, 2.45) is 17.3 Å². The Morgan fingerprint density at radius 3 is 2.72 bits per heavy atom. The smallest absolute Gasteiger partial charge is 0.258 e. The summed E-state index contributed by atoms with van der Waals surface area (Å²) in [6.45, 7) is 2.59. The molecule has 1 aromatic carbocycles. The highest BCUT2D eigenvalue weighted by molar-refractivity contribution is 6.30. The first-order valence-corrected chi connectivity index (χ1v) is 10.7. The maximum absolute atomic E-state index is 13.4. The predicted molar refractivity (Wildman–Crippen MR) is 107 cm³/mol. The van der Waals surface area contributed by atoms with Gasteiger partial charge in [-0.2, -0.15) is 0 Å². The fraction of sp³-hybridized carbons (Fsp3) is 0.619. The van der Waals surface area contributed by atoms with Crippen LogP contribution in [0.5, 0.6) is 5.75 Å². The maximum atomic E-state index is 13.4. The van der Waals surface area contributed by atoms with E-state index >= 15 is 0 Å². The van der Waals surface area contributed by atoms with Gasteiger partial charge in [-0.1, -0.05) is 11.6 Å². The Labute approximate surface area is 174 Å². The van der Waals surface area contributed by atoms with Gasteiger partial charge in [-0.05, 0) is 69.2 Å². The molecule has 1 saturated heterocycles. The van der Waals surface area contributed by atoms with Crippen LogP contribution in [0.4, 0.5) is 4.39 Å². The van der Waals surface area contributed by atoms with Crippen LogP contribution in [0, 0.1) is 23.1 Å². The first kappa shape index (κ1) is 20.4. The number of benzene rings is 1. The molecular formula is C21H27ClFN3O3. The summed E-state index contributed by atoms with van der Waals surface area (Å²) in [5, 5.41) is 9.48. The largest absolute Gasteiger partial charge is 0.484 e. The first-order valence-electron chi connectivity index (χ1n) is 10.3. The number of fused-ring (bicyclic) bond motifs is 1. The van der Waals surface area contributed by atoms with E-state index in [9.17, 15) is 14.0 Å². The summed E-state index contributed by atoms with van der Waals surface area (Å²) in [5.74, 6) is 0.445. The minimum absolute atomic E-state index is 0.00214. The van der Waals surface area contributed by atoms with Crippen LogP contribution < -0.4 is 20.7 Å². The molecule has 1 unspecified atom stereocenters. The molecule has 3 saturated carbocycles. The molecular weight excluding hydrogens is 397 g/mol. The molecule has 1 aromatic rings. The van der Waals surface area contributed by atoms with Gasteiger partial charge in [0.05, 0.1) is 10.4 Å². The zero-order chi connectivity index (χ0) is 20.4. The Morgan fingerprint density at radius 1 is 1.24 bits per heavy atom. The summed E-state index contributed by atoms with van der Waals surface area (Å²) in [7, 11) is 0. The van der Waals surface area contributed by atoms with E-state index in [1.54, 1.807) is 0 Å². The van der Waals surface area contributed by atoms with Gasteiger partial charge in [0.15, 0.2) is 6.61 Å². The van der Waals surface area contributed by atoms with E-state index in [1.165, 1.54) is 12.1 Å². The van der Waals surface area contributed by atoms with E-state index < -0.39 is 5.82 Å². The summed E-state index contributed by atoms with van der Waals surface area (Å²) in [5.41, 5.74) is -0.324. The summed E-state index contributed by atoms with van der Waals surface area (Å²) in [4.78, 5) is 25.0. The van der Waals surface area contributed by atoms with Gasteiger partial charge in [-0.25, -0.2) is 4.39 Å². The van der Waals surface area contributed by atoms with Crippen molar-refractivity contribution in [3.63, 3.8) is 0 Å². The van der Waals surface area contributed by atoms with E-state index in [2.05, 4.69) is 16.0 Å². The molecule has 8 heteroatoms. The predicted octanol–water partition coefficient (Wildman–Crippen LogP) is 2.26. The van der Waals surface area contributed by atoms with Gasteiger partial charge >= 0.3 is 0 Å². The lowest BCUT2D eigenvalue weighted by Gasteiger charge is -2.37. The van der Waals surface area contributed by atoms with Crippen LogP contribution in [-0.2, 0) is 9.59 Å². The molecule has 2 amide bonds. The summed E-state index contributed by atoms with van der Waals surface area (Å²) in [6.07, 6.45) is 4.55. The molecule has 1 aliphatic heterocycles. The van der Waals surface area contributed by atoms with Crippen molar-refractivity contribution < 1.29 is 18.7 Å². The summed E-state index contributed by atoms with van der Waals surface area (Å²) >= 11 is 5.64. The molecule has 4 fully saturated rings. The minimum Gasteiger partial charge on any atom is -0.484 e. The van der Waals surface area contributed by atoms with Crippen LogP contribution in [0.2, 0.25) is 5.02 Å². The highest BCUT2D eigenvalue weighted by atomic mass is 35.5. The third-order valence-electron chi connectivity index (χ3n) is 6.58. The molecule has 0 radical (unpaired) electrons. The summed E-state index contributed by atoms with van der Waals surface area (Å²) in [6, 6.07) is 4.07. The van der Waals surface area contributed by atoms with E-state index in [1.807, 2.05) is 0 Å². The molecule has 2 bridgehead atoms. The Balaban J connectivity index is 1.21. The number of piperidine rings is 1. The third-order valence-corrected chi connectivity index (χ3v) is 6.89. The molecule has 1 heterocycles. The number of nitrogens with one attached hydrogen (secondary N) is 3. The van der Waals surface area contributed by atoms with Gasteiger partial charge in [0.2, 0.25) is 5.91 Å².